The molecule has 1 unspecified atom stereocenters. The van der Waals surface area contributed by atoms with Crippen molar-refractivity contribution in [1.29, 1.82) is 0 Å². The monoisotopic (exact) mass is 387 g/mol. The number of sulfonamides is 1. The topological polar surface area (TPSA) is 69.7 Å². The molecule has 0 bridgehead atoms. The van der Waals surface area contributed by atoms with E-state index in [1.807, 2.05) is 6.07 Å². The van der Waals surface area contributed by atoms with Gasteiger partial charge in [-0.05, 0) is 62.3 Å². The van der Waals surface area contributed by atoms with E-state index in [2.05, 4.69) is 16.7 Å². The lowest BCUT2D eigenvalue weighted by Gasteiger charge is -2.21. The van der Waals surface area contributed by atoms with Gasteiger partial charge in [-0.15, -0.1) is 0 Å². The Kier molecular flexibility index (Phi) is 5.82. The molecule has 1 amide bonds. The SMILES string of the molecule is CN1CCC(CN(C)C(=O)c2ccc(S(=O)(=O)Nc3ccccc3)cc2)C1. The summed E-state index contributed by atoms with van der Waals surface area (Å²) in [5.41, 5.74) is 0.987. The summed E-state index contributed by atoms with van der Waals surface area (Å²) in [4.78, 5) is 16.7. The molecule has 6 nitrogen and oxygen atoms in total. The molecule has 7 heteroatoms. The van der Waals surface area contributed by atoms with Gasteiger partial charge in [0.25, 0.3) is 15.9 Å². The zero-order chi connectivity index (χ0) is 19.4. The van der Waals surface area contributed by atoms with Gasteiger partial charge in [0, 0.05) is 31.4 Å². The molecular weight excluding hydrogens is 362 g/mol. The summed E-state index contributed by atoms with van der Waals surface area (Å²) in [5, 5.41) is 0. The van der Waals surface area contributed by atoms with Crippen LogP contribution < -0.4 is 4.72 Å². The number of nitrogens with zero attached hydrogens (tertiary/aromatic N) is 2. The van der Waals surface area contributed by atoms with E-state index in [9.17, 15) is 13.2 Å². The molecule has 1 atom stereocenters. The van der Waals surface area contributed by atoms with Crippen LogP contribution in [0.1, 0.15) is 16.8 Å². The number of likely N-dealkylation sites (tertiary alicyclic amines) is 1. The molecule has 1 aliphatic rings. The van der Waals surface area contributed by atoms with Gasteiger partial charge in [-0.1, -0.05) is 18.2 Å². The van der Waals surface area contributed by atoms with Crippen molar-refractivity contribution in [3.8, 4) is 0 Å². The fourth-order valence-corrected chi connectivity index (χ4v) is 4.42. The number of carbonyl (C=O) groups is 1. The van der Waals surface area contributed by atoms with Crippen LogP contribution in [0.25, 0.3) is 0 Å². The van der Waals surface area contributed by atoms with Crippen molar-refractivity contribution in [2.45, 2.75) is 11.3 Å². The van der Waals surface area contributed by atoms with Crippen LogP contribution in [0, 0.1) is 5.92 Å². The van der Waals surface area contributed by atoms with E-state index < -0.39 is 10.0 Å². The Morgan fingerprint density at radius 1 is 1.15 bits per heavy atom. The number of hydrogen-bond acceptors (Lipinski definition) is 4. The van der Waals surface area contributed by atoms with E-state index in [0.29, 0.717) is 23.7 Å². The van der Waals surface area contributed by atoms with E-state index in [-0.39, 0.29) is 10.8 Å². The zero-order valence-corrected chi connectivity index (χ0v) is 16.4. The predicted octanol–water partition coefficient (Wildman–Crippen LogP) is 2.51. The maximum Gasteiger partial charge on any atom is 0.261 e. The third-order valence-electron chi connectivity index (χ3n) is 4.81. The second-order valence-corrected chi connectivity index (χ2v) is 8.78. The number of rotatable bonds is 6. The number of benzene rings is 2. The normalized spacial score (nSPS) is 17.6. The third kappa shape index (κ3) is 4.87. The summed E-state index contributed by atoms with van der Waals surface area (Å²) in [6.45, 7) is 2.77. The molecule has 2 aromatic rings. The van der Waals surface area contributed by atoms with Gasteiger partial charge in [-0.2, -0.15) is 0 Å². The summed E-state index contributed by atoms with van der Waals surface area (Å²) in [6, 6.07) is 14.8. The van der Waals surface area contributed by atoms with Gasteiger partial charge in [0.1, 0.15) is 0 Å². The average molecular weight is 388 g/mol. The largest absolute Gasteiger partial charge is 0.341 e. The molecule has 144 valence electrons. The number of para-hydroxylation sites is 1. The van der Waals surface area contributed by atoms with Gasteiger partial charge in [-0.25, -0.2) is 8.42 Å². The van der Waals surface area contributed by atoms with Crippen LogP contribution in [0.15, 0.2) is 59.5 Å². The van der Waals surface area contributed by atoms with Crippen LogP contribution in [0.2, 0.25) is 0 Å². The first-order valence-corrected chi connectivity index (χ1v) is 10.5. The fourth-order valence-electron chi connectivity index (χ4n) is 3.36. The highest BCUT2D eigenvalue weighted by atomic mass is 32.2. The smallest absolute Gasteiger partial charge is 0.261 e. The van der Waals surface area contributed by atoms with E-state index in [0.717, 1.165) is 19.5 Å². The Morgan fingerprint density at radius 2 is 1.81 bits per heavy atom. The van der Waals surface area contributed by atoms with E-state index in [1.54, 1.807) is 48.3 Å². The number of anilines is 1. The van der Waals surface area contributed by atoms with Crippen molar-refractivity contribution in [1.82, 2.24) is 9.80 Å². The lowest BCUT2D eigenvalue weighted by Crippen LogP contribution is -2.32. The minimum absolute atomic E-state index is 0.0930. The van der Waals surface area contributed by atoms with E-state index >= 15 is 0 Å². The van der Waals surface area contributed by atoms with E-state index in [4.69, 9.17) is 0 Å². The van der Waals surface area contributed by atoms with Crippen molar-refractivity contribution >= 4 is 21.6 Å². The number of amides is 1. The van der Waals surface area contributed by atoms with Gasteiger partial charge < -0.3 is 9.80 Å². The summed E-state index contributed by atoms with van der Waals surface area (Å²) in [6.07, 6.45) is 1.09. The Hall–Kier alpha value is -2.38. The molecule has 1 saturated heterocycles. The van der Waals surface area contributed by atoms with Gasteiger partial charge in [0.05, 0.1) is 4.90 Å². The lowest BCUT2D eigenvalue weighted by molar-refractivity contribution is 0.0774. The van der Waals surface area contributed by atoms with Gasteiger partial charge in [0.2, 0.25) is 0 Å². The highest BCUT2D eigenvalue weighted by Gasteiger charge is 2.23. The Balaban J connectivity index is 1.66. The molecular formula is C20H25N3O3S. The van der Waals surface area contributed by atoms with Gasteiger partial charge in [-0.3, -0.25) is 9.52 Å². The molecule has 0 aliphatic carbocycles. The van der Waals surface area contributed by atoms with Gasteiger partial charge in [0.15, 0.2) is 0 Å². The Morgan fingerprint density at radius 3 is 2.41 bits per heavy atom. The van der Waals surface area contributed by atoms with Gasteiger partial charge >= 0.3 is 0 Å². The molecule has 3 rings (SSSR count). The van der Waals surface area contributed by atoms with Crippen LogP contribution >= 0.6 is 0 Å². The molecule has 2 aromatic carbocycles. The summed E-state index contributed by atoms with van der Waals surface area (Å²) < 4.78 is 27.5. The van der Waals surface area contributed by atoms with Crippen molar-refractivity contribution in [3.63, 3.8) is 0 Å². The number of nitrogens with one attached hydrogen (secondary N) is 1. The van der Waals surface area contributed by atoms with Crippen LogP contribution in [-0.4, -0.2) is 57.9 Å². The number of carbonyl (C=O) groups excluding carboxylic acids is 1. The van der Waals surface area contributed by atoms with E-state index in [1.165, 1.54) is 12.1 Å². The standard InChI is InChI=1S/C20H25N3O3S/c1-22-13-12-16(14-22)15-23(2)20(24)17-8-10-19(11-9-17)27(25,26)21-18-6-4-3-5-7-18/h3-11,16,21H,12-15H2,1-2H3. The molecule has 0 aromatic heterocycles. The molecule has 0 spiro atoms. The lowest BCUT2D eigenvalue weighted by atomic mass is 10.1. The first-order valence-electron chi connectivity index (χ1n) is 8.97. The first-order chi connectivity index (χ1) is 12.8. The van der Waals surface area contributed by atoms with Crippen molar-refractivity contribution < 1.29 is 13.2 Å². The predicted molar refractivity (Wildman–Crippen MR) is 106 cm³/mol. The average Bonchev–Trinajstić information content (AvgIpc) is 3.06. The molecule has 0 radical (unpaired) electrons. The minimum Gasteiger partial charge on any atom is -0.341 e. The van der Waals surface area contributed by atoms with Crippen LogP contribution in [0.5, 0.6) is 0 Å². The Labute approximate surface area is 160 Å². The first kappa shape index (κ1) is 19.4. The van der Waals surface area contributed by atoms with Crippen molar-refractivity contribution in [3.05, 3.63) is 60.2 Å². The maximum absolute atomic E-state index is 12.6. The quantitative estimate of drug-likeness (QED) is 0.827. The molecule has 0 saturated carbocycles. The summed E-state index contributed by atoms with van der Waals surface area (Å²) in [7, 11) is 0.200. The summed E-state index contributed by atoms with van der Waals surface area (Å²) >= 11 is 0. The molecule has 1 heterocycles. The van der Waals surface area contributed by atoms with Crippen molar-refractivity contribution in [2.24, 2.45) is 5.92 Å². The zero-order valence-electron chi connectivity index (χ0n) is 15.6. The number of hydrogen-bond donors (Lipinski definition) is 1. The minimum atomic E-state index is -3.68. The van der Waals surface area contributed by atoms with Crippen LogP contribution in [0.4, 0.5) is 5.69 Å². The van der Waals surface area contributed by atoms with Crippen LogP contribution in [0.3, 0.4) is 0 Å². The highest BCUT2D eigenvalue weighted by Crippen LogP contribution is 2.19. The second-order valence-electron chi connectivity index (χ2n) is 7.10. The highest BCUT2D eigenvalue weighted by molar-refractivity contribution is 7.92. The molecule has 1 fully saturated rings. The molecule has 1 N–H and O–H groups in total. The summed E-state index contributed by atoms with van der Waals surface area (Å²) in [5.74, 6) is 0.392. The Bertz CT molecular complexity index is 882. The second kappa shape index (κ2) is 8.10. The van der Waals surface area contributed by atoms with Crippen molar-refractivity contribution in [2.75, 3.05) is 38.5 Å². The molecule has 27 heavy (non-hydrogen) atoms. The van der Waals surface area contributed by atoms with Crippen LogP contribution in [-0.2, 0) is 10.0 Å². The third-order valence-corrected chi connectivity index (χ3v) is 6.20. The maximum atomic E-state index is 12.6. The fraction of sp³-hybridized carbons (Fsp3) is 0.350. The molecule has 1 aliphatic heterocycles.